The Balaban J connectivity index is 1.40. The number of carbonyl (C=O) groups is 1. The van der Waals surface area contributed by atoms with Gasteiger partial charge in [-0.3, -0.25) is 4.79 Å². The molecule has 0 aliphatic carbocycles. The summed E-state index contributed by atoms with van der Waals surface area (Å²) in [6, 6.07) is 26.1. The number of thioether (sulfide) groups is 1. The van der Waals surface area contributed by atoms with Crippen LogP contribution < -0.4 is 10.1 Å². The van der Waals surface area contributed by atoms with E-state index in [1.807, 2.05) is 67.7 Å². The summed E-state index contributed by atoms with van der Waals surface area (Å²) in [5.74, 6) is 0.653. The Morgan fingerprint density at radius 2 is 1.81 bits per heavy atom. The second-order valence-electron chi connectivity index (χ2n) is 7.24. The number of ether oxygens (including phenoxy) is 1. The maximum atomic E-state index is 12.6. The Bertz CT molecular complexity index is 1350. The van der Waals surface area contributed by atoms with Crippen LogP contribution >= 0.6 is 11.8 Å². The molecule has 1 N–H and O–H groups in total. The van der Waals surface area contributed by atoms with E-state index in [9.17, 15) is 4.79 Å². The Morgan fingerprint density at radius 1 is 1.00 bits per heavy atom. The van der Waals surface area contributed by atoms with Crippen molar-refractivity contribution >= 4 is 45.4 Å². The standard InChI is InChI=1S/C26H21N3O2S/c1-2-31-23-13-10-20(11-14-23)27-26-28-25(30)24(32-26)17-21-8-5-15-29(21)22-12-9-18-6-3-4-7-19(18)16-22/h3-17H,2H2,1H3,(H,27,28,30)/b24-17-. The lowest BCUT2D eigenvalue weighted by Gasteiger charge is -2.08. The molecule has 1 aliphatic heterocycles. The number of aliphatic imine (C=N–C) groups is 1. The van der Waals surface area contributed by atoms with E-state index in [0.717, 1.165) is 22.8 Å². The second-order valence-corrected chi connectivity index (χ2v) is 8.27. The zero-order valence-corrected chi connectivity index (χ0v) is 18.3. The van der Waals surface area contributed by atoms with E-state index in [4.69, 9.17) is 4.74 Å². The molecule has 5 nitrogen and oxygen atoms in total. The number of benzene rings is 3. The van der Waals surface area contributed by atoms with Crippen molar-refractivity contribution in [2.45, 2.75) is 6.92 Å². The van der Waals surface area contributed by atoms with Crippen molar-refractivity contribution in [1.82, 2.24) is 9.88 Å². The predicted molar refractivity (Wildman–Crippen MR) is 132 cm³/mol. The molecule has 0 spiro atoms. The Kier molecular flexibility index (Phi) is 5.52. The van der Waals surface area contributed by atoms with Crippen LogP contribution in [0.15, 0.2) is 95.0 Å². The summed E-state index contributed by atoms with van der Waals surface area (Å²) in [6.45, 7) is 2.57. The van der Waals surface area contributed by atoms with Crippen LogP contribution in [0.4, 0.5) is 5.69 Å². The highest BCUT2D eigenvalue weighted by Gasteiger charge is 2.24. The molecule has 5 rings (SSSR count). The smallest absolute Gasteiger partial charge is 0.264 e. The van der Waals surface area contributed by atoms with Crippen LogP contribution in [0.5, 0.6) is 5.75 Å². The molecule has 0 saturated carbocycles. The number of hydrogen-bond donors (Lipinski definition) is 1. The van der Waals surface area contributed by atoms with Gasteiger partial charge in [0.15, 0.2) is 5.17 Å². The highest BCUT2D eigenvalue weighted by atomic mass is 32.2. The molecule has 1 amide bonds. The zero-order valence-electron chi connectivity index (χ0n) is 17.5. The third-order valence-corrected chi connectivity index (χ3v) is 6.01. The van der Waals surface area contributed by atoms with Crippen molar-refractivity contribution in [3.63, 3.8) is 0 Å². The SMILES string of the molecule is CCOc1ccc(N=C2NC(=O)/C(=C/c3cccn3-c3ccc4ccccc4c3)S2)cc1. The van der Waals surface area contributed by atoms with Gasteiger partial charge in [-0.05, 0) is 84.1 Å². The lowest BCUT2D eigenvalue weighted by Crippen LogP contribution is -2.19. The molecule has 1 fully saturated rings. The van der Waals surface area contributed by atoms with Crippen molar-refractivity contribution in [3.8, 4) is 11.4 Å². The molecule has 0 radical (unpaired) electrons. The van der Waals surface area contributed by atoms with Crippen molar-refractivity contribution in [1.29, 1.82) is 0 Å². The summed E-state index contributed by atoms with van der Waals surface area (Å²) in [5, 5.41) is 5.79. The lowest BCUT2D eigenvalue weighted by molar-refractivity contribution is -0.115. The molecule has 2 heterocycles. The van der Waals surface area contributed by atoms with Gasteiger partial charge in [-0.15, -0.1) is 0 Å². The fourth-order valence-corrected chi connectivity index (χ4v) is 4.42. The third kappa shape index (κ3) is 4.18. The van der Waals surface area contributed by atoms with Crippen molar-refractivity contribution in [2.24, 2.45) is 4.99 Å². The van der Waals surface area contributed by atoms with Gasteiger partial charge in [-0.25, -0.2) is 4.99 Å². The number of aromatic nitrogens is 1. The van der Waals surface area contributed by atoms with E-state index < -0.39 is 0 Å². The molecule has 1 aromatic heterocycles. The van der Waals surface area contributed by atoms with Gasteiger partial charge < -0.3 is 14.6 Å². The first-order valence-electron chi connectivity index (χ1n) is 10.4. The van der Waals surface area contributed by atoms with Gasteiger partial charge in [0.05, 0.1) is 17.2 Å². The highest BCUT2D eigenvalue weighted by Crippen LogP contribution is 2.29. The van der Waals surface area contributed by atoms with Crippen LogP contribution in [0, 0.1) is 0 Å². The minimum Gasteiger partial charge on any atom is -0.494 e. The highest BCUT2D eigenvalue weighted by molar-refractivity contribution is 8.18. The molecule has 1 saturated heterocycles. The van der Waals surface area contributed by atoms with Crippen molar-refractivity contribution in [2.75, 3.05) is 6.61 Å². The van der Waals surface area contributed by atoms with E-state index in [0.29, 0.717) is 16.7 Å². The Hall–Kier alpha value is -3.77. The molecule has 1 aliphatic rings. The largest absolute Gasteiger partial charge is 0.494 e. The number of amides is 1. The molecule has 32 heavy (non-hydrogen) atoms. The number of nitrogens with zero attached hydrogens (tertiary/aromatic N) is 2. The van der Waals surface area contributed by atoms with E-state index >= 15 is 0 Å². The van der Waals surface area contributed by atoms with Gasteiger partial charge in [0.25, 0.3) is 5.91 Å². The molecule has 6 heteroatoms. The average molecular weight is 440 g/mol. The van der Waals surface area contributed by atoms with Gasteiger partial charge in [0, 0.05) is 17.6 Å². The van der Waals surface area contributed by atoms with Crippen LogP contribution in [-0.4, -0.2) is 22.2 Å². The number of carbonyl (C=O) groups excluding carboxylic acids is 1. The first kappa shape index (κ1) is 20.2. The van der Waals surface area contributed by atoms with E-state index in [2.05, 4.69) is 45.2 Å². The number of nitrogens with one attached hydrogen (secondary N) is 1. The molecular formula is C26H21N3O2S. The average Bonchev–Trinajstić information content (AvgIpc) is 3.41. The summed E-state index contributed by atoms with van der Waals surface area (Å²) >= 11 is 1.34. The fourth-order valence-electron chi connectivity index (χ4n) is 3.59. The molecule has 4 aromatic rings. The lowest BCUT2D eigenvalue weighted by atomic mass is 10.1. The number of hydrogen-bond acceptors (Lipinski definition) is 4. The first-order valence-corrected chi connectivity index (χ1v) is 11.2. The quantitative estimate of drug-likeness (QED) is 0.393. The van der Waals surface area contributed by atoms with Crippen LogP contribution in [0.2, 0.25) is 0 Å². The minimum absolute atomic E-state index is 0.147. The number of fused-ring (bicyclic) bond motifs is 1. The van der Waals surface area contributed by atoms with Gasteiger partial charge in [0.1, 0.15) is 5.75 Å². The maximum Gasteiger partial charge on any atom is 0.264 e. The maximum absolute atomic E-state index is 12.6. The van der Waals surface area contributed by atoms with E-state index in [1.54, 1.807) is 0 Å². The van der Waals surface area contributed by atoms with Gasteiger partial charge in [0.2, 0.25) is 0 Å². The monoisotopic (exact) mass is 439 g/mol. The minimum atomic E-state index is -0.147. The molecule has 0 bridgehead atoms. The van der Waals surface area contributed by atoms with Crippen molar-refractivity contribution in [3.05, 3.63) is 95.7 Å². The van der Waals surface area contributed by atoms with Gasteiger partial charge in [-0.1, -0.05) is 30.3 Å². The summed E-state index contributed by atoms with van der Waals surface area (Å²) in [5.41, 5.74) is 2.74. The molecule has 158 valence electrons. The molecule has 3 aromatic carbocycles. The number of rotatable bonds is 5. The Labute approximate surface area is 190 Å². The third-order valence-electron chi connectivity index (χ3n) is 5.10. The number of amidine groups is 1. The topological polar surface area (TPSA) is 55.6 Å². The normalized spacial score (nSPS) is 16.1. The summed E-state index contributed by atoms with van der Waals surface area (Å²) < 4.78 is 7.54. The molecule has 0 unspecified atom stereocenters. The molecular weight excluding hydrogens is 418 g/mol. The van der Waals surface area contributed by atoms with Gasteiger partial charge >= 0.3 is 0 Å². The van der Waals surface area contributed by atoms with Crippen LogP contribution in [0.1, 0.15) is 12.6 Å². The first-order chi connectivity index (χ1) is 15.7. The predicted octanol–water partition coefficient (Wildman–Crippen LogP) is 5.92. The fraction of sp³-hybridized carbons (Fsp3) is 0.0769. The molecule has 0 atom stereocenters. The Morgan fingerprint density at radius 3 is 2.62 bits per heavy atom. The van der Waals surface area contributed by atoms with Crippen LogP contribution in [-0.2, 0) is 4.79 Å². The van der Waals surface area contributed by atoms with E-state index in [-0.39, 0.29) is 5.91 Å². The van der Waals surface area contributed by atoms with Crippen LogP contribution in [0.25, 0.3) is 22.5 Å². The van der Waals surface area contributed by atoms with E-state index in [1.165, 1.54) is 22.5 Å². The second kappa shape index (κ2) is 8.77. The van der Waals surface area contributed by atoms with Crippen LogP contribution in [0.3, 0.4) is 0 Å². The van der Waals surface area contributed by atoms with Gasteiger partial charge in [-0.2, -0.15) is 0 Å². The zero-order chi connectivity index (χ0) is 21.9. The van der Waals surface area contributed by atoms with Crippen molar-refractivity contribution < 1.29 is 9.53 Å². The summed E-state index contributed by atoms with van der Waals surface area (Å²) in [4.78, 5) is 17.7. The summed E-state index contributed by atoms with van der Waals surface area (Å²) in [7, 11) is 0. The summed E-state index contributed by atoms with van der Waals surface area (Å²) in [6.07, 6.45) is 3.90.